The zero-order valence-corrected chi connectivity index (χ0v) is 41.5. The summed E-state index contributed by atoms with van der Waals surface area (Å²) in [5.74, 6) is 0.754. The van der Waals surface area contributed by atoms with E-state index in [1.807, 2.05) is 23.5 Å². The number of halogens is 2. The van der Waals surface area contributed by atoms with E-state index < -0.39 is 27.9 Å². The molecule has 0 aliphatic heterocycles. The van der Waals surface area contributed by atoms with Crippen molar-refractivity contribution in [3.05, 3.63) is 190 Å². The molecule has 318 valence electrons. The van der Waals surface area contributed by atoms with Gasteiger partial charge in [0.25, 0.3) is 0 Å². The van der Waals surface area contributed by atoms with Crippen molar-refractivity contribution in [2.24, 2.45) is 0 Å². The Hall–Kier alpha value is -3.09. The van der Waals surface area contributed by atoms with Crippen LogP contribution in [-0.4, -0.2) is 20.7 Å². The van der Waals surface area contributed by atoms with E-state index in [-0.39, 0.29) is 21.3 Å². The van der Waals surface area contributed by atoms with Crippen LogP contribution in [0.2, 0.25) is 0 Å². The summed E-state index contributed by atoms with van der Waals surface area (Å²) in [4.78, 5) is 1.87. The Balaban J connectivity index is 0.00000201. The molecule has 0 radical (unpaired) electrons. The monoisotopic (exact) mass is 922 g/mol. The Kier molecular flexibility index (Phi) is 15.7. The Bertz CT molecular complexity index is 2180. The Morgan fingerprint density at radius 1 is 0.426 bits per heavy atom. The number of hydrogen-bond acceptors (Lipinski definition) is 4. The number of benzene rings is 6. The Morgan fingerprint density at radius 3 is 0.967 bits per heavy atom. The number of hydrogen-bond donors (Lipinski definition) is 2. The van der Waals surface area contributed by atoms with Gasteiger partial charge in [0, 0.05) is 43.3 Å². The first-order valence-electron chi connectivity index (χ1n) is 21.3. The topological polar surface area (TPSA) is 40.5 Å². The normalized spacial score (nSPS) is 16.0. The van der Waals surface area contributed by atoms with Crippen molar-refractivity contribution < 1.29 is 27.2 Å². The summed E-state index contributed by atoms with van der Waals surface area (Å²) in [5.41, 5.74) is 7.69. The van der Waals surface area contributed by atoms with Crippen molar-refractivity contribution in [1.29, 1.82) is 0 Å². The summed E-state index contributed by atoms with van der Waals surface area (Å²) in [7, 11) is 9.78. The van der Waals surface area contributed by atoms with E-state index in [0.29, 0.717) is 11.5 Å². The van der Waals surface area contributed by atoms with Crippen LogP contribution in [0.15, 0.2) is 155 Å². The third kappa shape index (κ3) is 10.5. The third-order valence-electron chi connectivity index (χ3n) is 13.1. The van der Waals surface area contributed by atoms with Gasteiger partial charge in [-0.1, -0.05) is 202 Å². The molecule has 0 saturated heterocycles. The molecule has 6 aromatic rings. The molecule has 7 heteroatoms. The minimum absolute atomic E-state index is 0.239. The minimum atomic E-state index is -0.556. The van der Waals surface area contributed by atoms with E-state index in [4.69, 9.17) is 18.6 Å². The predicted octanol–water partition coefficient (Wildman–Crippen LogP) is 16.0. The number of phenols is 2. The second kappa shape index (κ2) is 20.2. The molecule has 1 aliphatic carbocycles. The van der Waals surface area contributed by atoms with Gasteiger partial charge < -0.3 is 10.2 Å². The average molecular weight is 924 g/mol. The van der Waals surface area contributed by atoms with Crippen molar-refractivity contribution in [3.63, 3.8) is 0 Å². The van der Waals surface area contributed by atoms with Crippen molar-refractivity contribution in [2.45, 2.75) is 123 Å². The molecular formula is C54H60Cl2O2S2Ti. The molecule has 6 aromatic carbocycles. The van der Waals surface area contributed by atoms with Crippen LogP contribution in [0.25, 0.3) is 0 Å². The van der Waals surface area contributed by atoms with Crippen molar-refractivity contribution >= 4 is 42.1 Å². The van der Waals surface area contributed by atoms with Crippen molar-refractivity contribution in [1.82, 2.24) is 0 Å². The van der Waals surface area contributed by atoms with E-state index in [9.17, 15) is 10.2 Å². The summed E-state index contributed by atoms with van der Waals surface area (Å²) < 4.78 is 0. The maximum atomic E-state index is 12.4. The fraction of sp³-hybridized carbons (Fsp3) is 0.333. The van der Waals surface area contributed by atoms with Crippen LogP contribution < -0.4 is 0 Å². The summed E-state index contributed by atoms with van der Waals surface area (Å²) in [6.07, 6.45) is 4.38. The van der Waals surface area contributed by atoms with E-state index >= 15 is 0 Å². The van der Waals surface area contributed by atoms with Crippen molar-refractivity contribution in [2.75, 3.05) is 0 Å². The van der Waals surface area contributed by atoms with Crippen molar-refractivity contribution in [3.8, 4) is 11.5 Å². The fourth-order valence-corrected chi connectivity index (χ4v) is 11.8. The summed E-state index contributed by atoms with van der Waals surface area (Å²) in [6, 6.07) is 51.6. The van der Waals surface area contributed by atoms with Crippen LogP contribution in [0.1, 0.15) is 126 Å². The van der Waals surface area contributed by atoms with Crippen LogP contribution in [0.4, 0.5) is 0 Å². The van der Waals surface area contributed by atoms with Gasteiger partial charge in [-0.3, -0.25) is 0 Å². The first-order chi connectivity index (χ1) is 29.0. The van der Waals surface area contributed by atoms with Crippen LogP contribution in [-0.2, 0) is 38.7 Å². The van der Waals surface area contributed by atoms with Gasteiger partial charge in [-0.15, -0.1) is 23.5 Å². The van der Waals surface area contributed by atoms with Crippen LogP contribution in [0.3, 0.4) is 0 Å². The molecule has 0 heterocycles. The van der Waals surface area contributed by atoms with Gasteiger partial charge in [0.2, 0.25) is 0 Å². The van der Waals surface area contributed by atoms with Crippen LogP contribution in [0, 0.1) is 0 Å². The molecule has 2 atom stereocenters. The van der Waals surface area contributed by atoms with Gasteiger partial charge in [-0.05, 0) is 58.4 Å². The van der Waals surface area contributed by atoms with Gasteiger partial charge in [0.15, 0.2) is 0 Å². The predicted molar refractivity (Wildman–Crippen MR) is 260 cm³/mol. The van der Waals surface area contributed by atoms with Crippen LogP contribution in [0.5, 0.6) is 11.5 Å². The molecule has 1 saturated carbocycles. The molecule has 2 nitrogen and oxygen atoms in total. The third-order valence-corrected chi connectivity index (χ3v) is 16.2. The number of phenolic OH excluding ortho intramolecular Hbond substituents is 2. The van der Waals surface area contributed by atoms with Gasteiger partial charge in [-0.2, -0.15) is 0 Å². The second-order valence-corrected chi connectivity index (χ2v) is 23.5. The first kappa shape index (κ1) is 47.4. The molecule has 7 rings (SSSR count). The van der Waals surface area contributed by atoms with Gasteiger partial charge in [-0.25, -0.2) is 0 Å². The molecule has 1 fully saturated rings. The first-order valence-corrected chi connectivity index (χ1v) is 27.4. The molecule has 61 heavy (non-hydrogen) atoms. The van der Waals surface area contributed by atoms with E-state index in [0.717, 1.165) is 46.6 Å². The second-order valence-electron chi connectivity index (χ2n) is 18.4. The SMILES string of the molecule is CC(C)(c1ccccc1)c1cc(SC2CCCCC2Sc2cc(C(C)(C)c3ccccc3)cc(C(C)(C)c3ccccc3)c2O)c(O)c(C(C)(C)c2ccccc2)c1.[Cl][Ti][Cl]. The van der Waals surface area contributed by atoms with Gasteiger partial charge in [0.05, 0.1) is 9.79 Å². The summed E-state index contributed by atoms with van der Waals surface area (Å²) in [5, 5.41) is 25.3. The summed E-state index contributed by atoms with van der Waals surface area (Å²) in [6.45, 7) is 18.1. The zero-order chi connectivity index (χ0) is 44.0. The molecule has 2 N–H and O–H groups in total. The molecule has 0 amide bonds. The molecule has 0 aromatic heterocycles. The van der Waals surface area contributed by atoms with E-state index in [1.165, 1.54) is 33.4 Å². The number of rotatable bonds is 12. The van der Waals surface area contributed by atoms with Gasteiger partial charge >= 0.3 is 35.6 Å². The molecule has 0 bridgehead atoms. The van der Waals surface area contributed by atoms with Crippen LogP contribution >= 0.6 is 42.1 Å². The van der Waals surface area contributed by atoms with E-state index in [1.54, 1.807) is 0 Å². The fourth-order valence-electron chi connectivity index (χ4n) is 8.79. The number of thioether (sulfide) groups is 2. The standard InChI is InChI=1S/C54H60O2S2.2ClH.Ti/c1-51(2,37-23-13-9-14-24-37)41-33-43(53(5,6)39-27-17-11-18-28-39)49(55)47(35-41)57-45-31-21-22-32-46(45)58-48-36-42(52(3,4)38-25-15-10-16-26-38)34-44(50(48)56)54(7,8)40-29-19-12-20-30-40;;;/h9-20,23-30,33-36,45-46,55-56H,21-22,31-32H2,1-8H3;2*1H;/q;;;+2/p-2. The zero-order valence-electron chi connectivity index (χ0n) is 36.8. The maximum absolute atomic E-state index is 12.4. The number of aromatic hydroxyl groups is 2. The van der Waals surface area contributed by atoms with Gasteiger partial charge in [0.1, 0.15) is 11.5 Å². The van der Waals surface area contributed by atoms with E-state index in [2.05, 4.69) is 201 Å². The summed E-state index contributed by atoms with van der Waals surface area (Å²) >= 11 is 3.12. The Labute approximate surface area is 391 Å². The molecular weight excluding hydrogens is 863 g/mol. The molecule has 2 unspecified atom stereocenters. The average Bonchev–Trinajstić information content (AvgIpc) is 3.27. The Morgan fingerprint density at radius 2 is 0.689 bits per heavy atom. The molecule has 1 aliphatic rings. The molecule has 0 spiro atoms. The quantitative estimate of drug-likeness (QED) is 0.120.